The molecular formula is C17H23N5O2. The van der Waals surface area contributed by atoms with Gasteiger partial charge >= 0.3 is 5.97 Å². The molecule has 1 aliphatic heterocycles. The van der Waals surface area contributed by atoms with E-state index in [0.717, 1.165) is 17.1 Å². The molecule has 0 aromatic carbocycles. The van der Waals surface area contributed by atoms with Crippen molar-refractivity contribution in [1.82, 2.24) is 24.4 Å². The van der Waals surface area contributed by atoms with Crippen LogP contribution in [-0.2, 0) is 24.3 Å². The molecule has 24 heavy (non-hydrogen) atoms. The fourth-order valence-electron chi connectivity index (χ4n) is 4.05. The molecule has 3 heterocycles. The van der Waals surface area contributed by atoms with E-state index in [1.807, 2.05) is 17.4 Å². The SMILES string of the molecule is O=C(O)C1Cc2nc[nH]c2CN1Cc1cncn1C1CCCCC1. The van der Waals surface area contributed by atoms with Crippen LogP contribution < -0.4 is 0 Å². The Morgan fingerprint density at radius 3 is 2.96 bits per heavy atom. The van der Waals surface area contributed by atoms with Crippen molar-refractivity contribution in [3.8, 4) is 0 Å². The predicted octanol–water partition coefficient (Wildman–Crippen LogP) is 2.12. The Hall–Kier alpha value is -2.15. The summed E-state index contributed by atoms with van der Waals surface area (Å²) in [7, 11) is 0. The van der Waals surface area contributed by atoms with Gasteiger partial charge in [-0.3, -0.25) is 9.69 Å². The van der Waals surface area contributed by atoms with Crippen molar-refractivity contribution in [3.63, 3.8) is 0 Å². The van der Waals surface area contributed by atoms with Gasteiger partial charge in [-0.2, -0.15) is 0 Å². The normalized spacial score (nSPS) is 22.4. The summed E-state index contributed by atoms with van der Waals surface area (Å²) in [6.07, 6.45) is 12.1. The number of hydrogen-bond acceptors (Lipinski definition) is 4. The van der Waals surface area contributed by atoms with Gasteiger partial charge in [0.25, 0.3) is 0 Å². The molecule has 2 N–H and O–H groups in total. The summed E-state index contributed by atoms with van der Waals surface area (Å²) in [5.74, 6) is -0.785. The van der Waals surface area contributed by atoms with Crippen molar-refractivity contribution in [2.24, 2.45) is 0 Å². The summed E-state index contributed by atoms with van der Waals surface area (Å²) in [6.45, 7) is 1.19. The topological polar surface area (TPSA) is 87.0 Å². The largest absolute Gasteiger partial charge is 0.480 e. The fourth-order valence-corrected chi connectivity index (χ4v) is 4.05. The third-order valence-electron chi connectivity index (χ3n) is 5.36. The Balaban J connectivity index is 1.56. The summed E-state index contributed by atoms with van der Waals surface area (Å²) >= 11 is 0. The number of H-pyrrole nitrogens is 1. The maximum atomic E-state index is 11.7. The van der Waals surface area contributed by atoms with E-state index in [1.165, 1.54) is 32.1 Å². The standard InChI is InChI=1S/C17H23N5O2/c23-17(24)16-6-14-15(20-10-19-14)9-21(16)8-13-7-18-11-22(13)12-4-2-1-3-5-12/h7,10-12,16H,1-6,8-9H2,(H,19,20)(H,23,24). The van der Waals surface area contributed by atoms with Crippen LogP contribution in [-0.4, -0.2) is 41.5 Å². The van der Waals surface area contributed by atoms with Crippen LogP contribution in [0, 0.1) is 0 Å². The zero-order valence-electron chi connectivity index (χ0n) is 13.7. The first-order chi connectivity index (χ1) is 11.7. The highest BCUT2D eigenvalue weighted by molar-refractivity contribution is 5.74. The van der Waals surface area contributed by atoms with Gasteiger partial charge in [-0.1, -0.05) is 19.3 Å². The second-order valence-corrected chi connectivity index (χ2v) is 6.88. The minimum Gasteiger partial charge on any atom is -0.480 e. The van der Waals surface area contributed by atoms with Crippen LogP contribution in [0.25, 0.3) is 0 Å². The average Bonchev–Trinajstić information content (AvgIpc) is 3.23. The van der Waals surface area contributed by atoms with Crippen LogP contribution in [0.15, 0.2) is 18.9 Å². The maximum absolute atomic E-state index is 11.7. The molecule has 1 saturated carbocycles. The Labute approximate surface area is 140 Å². The Morgan fingerprint density at radius 1 is 1.33 bits per heavy atom. The van der Waals surface area contributed by atoms with E-state index >= 15 is 0 Å². The second kappa shape index (κ2) is 6.39. The van der Waals surface area contributed by atoms with Crippen LogP contribution in [0.4, 0.5) is 0 Å². The predicted molar refractivity (Wildman–Crippen MR) is 87.3 cm³/mol. The average molecular weight is 329 g/mol. The molecule has 128 valence electrons. The second-order valence-electron chi connectivity index (χ2n) is 6.88. The molecule has 0 radical (unpaired) electrons. The number of carboxylic acids is 1. The van der Waals surface area contributed by atoms with E-state index in [2.05, 4.69) is 19.5 Å². The highest BCUT2D eigenvalue weighted by atomic mass is 16.4. The van der Waals surface area contributed by atoms with Crippen molar-refractivity contribution in [2.45, 2.75) is 63.7 Å². The van der Waals surface area contributed by atoms with Gasteiger partial charge in [0.1, 0.15) is 6.04 Å². The minimum atomic E-state index is -0.785. The van der Waals surface area contributed by atoms with Crippen molar-refractivity contribution < 1.29 is 9.90 Å². The lowest BCUT2D eigenvalue weighted by molar-refractivity contribution is -0.144. The number of fused-ring (bicyclic) bond motifs is 1. The molecule has 1 aliphatic carbocycles. The molecular weight excluding hydrogens is 306 g/mol. The summed E-state index contributed by atoms with van der Waals surface area (Å²) in [5, 5.41) is 9.62. The zero-order valence-corrected chi connectivity index (χ0v) is 13.7. The van der Waals surface area contributed by atoms with Gasteiger partial charge < -0.3 is 14.7 Å². The van der Waals surface area contributed by atoms with Crippen LogP contribution in [0.1, 0.15) is 55.2 Å². The smallest absolute Gasteiger partial charge is 0.321 e. The molecule has 0 bridgehead atoms. The van der Waals surface area contributed by atoms with Gasteiger partial charge in [0, 0.05) is 31.7 Å². The summed E-state index contributed by atoms with van der Waals surface area (Å²) in [5.41, 5.74) is 3.01. The summed E-state index contributed by atoms with van der Waals surface area (Å²) < 4.78 is 2.26. The number of nitrogens with zero attached hydrogens (tertiary/aromatic N) is 4. The molecule has 0 saturated heterocycles. The van der Waals surface area contributed by atoms with Crippen molar-refractivity contribution in [2.75, 3.05) is 0 Å². The van der Waals surface area contributed by atoms with Gasteiger partial charge in [0.05, 0.1) is 29.7 Å². The number of aliphatic carboxylic acids is 1. The van der Waals surface area contributed by atoms with Crippen molar-refractivity contribution >= 4 is 5.97 Å². The number of aromatic amines is 1. The van der Waals surface area contributed by atoms with Gasteiger partial charge in [-0.15, -0.1) is 0 Å². The minimum absolute atomic E-state index is 0.450. The molecule has 2 aromatic rings. The van der Waals surface area contributed by atoms with Crippen molar-refractivity contribution in [1.29, 1.82) is 0 Å². The molecule has 4 rings (SSSR count). The van der Waals surface area contributed by atoms with E-state index in [0.29, 0.717) is 25.6 Å². The number of imidazole rings is 2. The van der Waals surface area contributed by atoms with Gasteiger partial charge in [0.2, 0.25) is 0 Å². The lowest BCUT2D eigenvalue weighted by Crippen LogP contribution is -2.45. The van der Waals surface area contributed by atoms with Gasteiger partial charge in [-0.25, -0.2) is 9.97 Å². The van der Waals surface area contributed by atoms with E-state index in [9.17, 15) is 9.90 Å². The first-order valence-electron chi connectivity index (χ1n) is 8.71. The number of rotatable bonds is 4. The molecule has 1 unspecified atom stereocenters. The zero-order chi connectivity index (χ0) is 16.5. The number of nitrogens with one attached hydrogen (secondary N) is 1. The quantitative estimate of drug-likeness (QED) is 0.897. The number of hydrogen-bond donors (Lipinski definition) is 2. The Morgan fingerprint density at radius 2 is 2.17 bits per heavy atom. The monoisotopic (exact) mass is 329 g/mol. The highest BCUT2D eigenvalue weighted by Gasteiger charge is 2.33. The maximum Gasteiger partial charge on any atom is 0.321 e. The lowest BCUT2D eigenvalue weighted by Gasteiger charge is -2.33. The number of carbonyl (C=O) groups is 1. The highest BCUT2D eigenvalue weighted by Crippen LogP contribution is 2.30. The molecule has 2 aliphatic rings. The molecule has 7 nitrogen and oxygen atoms in total. The molecule has 7 heteroatoms. The van der Waals surface area contributed by atoms with Crippen LogP contribution in [0.5, 0.6) is 0 Å². The third-order valence-corrected chi connectivity index (χ3v) is 5.36. The number of carboxylic acid groups (broad SMARTS) is 1. The molecule has 1 atom stereocenters. The van der Waals surface area contributed by atoms with Crippen LogP contribution in [0.3, 0.4) is 0 Å². The fraction of sp³-hybridized carbons (Fsp3) is 0.588. The Bertz CT molecular complexity index is 716. The molecule has 1 fully saturated rings. The van der Waals surface area contributed by atoms with Crippen molar-refractivity contribution in [3.05, 3.63) is 35.9 Å². The van der Waals surface area contributed by atoms with Gasteiger partial charge in [-0.05, 0) is 12.8 Å². The Kier molecular flexibility index (Phi) is 4.10. The van der Waals surface area contributed by atoms with Crippen LogP contribution in [0.2, 0.25) is 0 Å². The lowest BCUT2D eigenvalue weighted by atomic mass is 9.95. The molecule has 0 spiro atoms. The molecule has 0 amide bonds. The van der Waals surface area contributed by atoms with Gasteiger partial charge in [0.15, 0.2) is 0 Å². The number of aromatic nitrogens is 4. The summed E-state index contributed by atoms with van der Waals surface area (Å²) in [6, 6.07) is -0.0254. The van der Waals surface area contributed by atoms with E-state index < -0.39 is 12.0 Å². The summed E-state index contributed by atoms with van der Waals surface area (Å²) in [4.78, 5) is 25.4. The molecule has 2 aromatic heterocycles. The third kappa shape index (κ3) is 2.84. The van der Waals surface area contributed by atoms with E-state index in [-0.39, 0.29) is 0 Å². The van der Waals surface area contributed by atoms with Crippen LogP contribution >= 0.6 is 0 Å². The van der Waals surface area contributed by atoms with E-state index in [4.69, 9.17) is 0 Å². The first-order valence-corrected chi connectivity index (χ1v) is 8.71. The first kappa shape index (κ1) is 15.4. The van der Waals surface area contributed by atoms with E-state index in [1.54, 1.807) is 6.33 Å².